The molecule has 1 heterocycles. The fourth-order valence-corrected chi connectivity index (χ4v) is 1.58. The summed E-state index contributed by atoms with van der Waals surface area (Å²) in [5, 5.41) is 2.98. The number of carbonyl (C=O) groups excluding carboxylic acids is 1. The minimum atomic E-state index is -0.155. The number of ether oxygens (including phenoxy) is 1. The van der Waals surface area contributed by atoms with Crippen molar-refractivity contribution in [3.63, 3.8) is 0 Å². The van der Waals surface area contributed by atoms with Gasteiger partial charge >= 0.3 is 0 Å². The predicted octanol–water partition coefficient (Wildman–Crippen LogP) is 0.690. The third-order valence-electron chi connectivity index (χ3n) is 2.66. The lowest BCUT2D eigenvalue weighted by atomic mass is 10.2. The van der Waals surface area contributed by atoms with Crippen LogP contribution in [0.5, 0.6) is 0 Å². The first kappa shape index (κ1) is 8.05. The Morgan fingerprint density at radius 1 is 1.58 bits per heavy atom. The molecule has 2 fully saturated rings. The second kappa shape index (κ2) is 3.05. The molecule has 68 valence electrons. The van der Waals surface area contributed by atoms with Gasteiger partial charge in [0.25, 0.3) is 0 Å². The first-order chi connectivity index (χ1) is 5.77. The van der Waals surface area contributed by atoms with Crippen LogP contribution in [-0.2, 0) is 9.53 Å². The molecule has 2 rings (SSSR count). The van der Waals surface area contributed by atoms with Gasteiger partial charge < -0.3 is 10.1 Å². The second-order valence-corrected chi connectivity index (χ2v) is 3.83. The van der Waals surface area contributed by atoms with Crippen molar-refractivity contribution in [3.8, 4) is 0 Å². The molecule has 0 bridgehead atoms. The van der Waals surface area contributed by atoms with Crippen LogP contribution in [-0.4, -0.2) is 24.7 Å². The number of nitrogens with one attached hydrogen (secondary N) is 1. The summed E-state index contributed by atoms with van der Waals surface area (Å²) in [5.41, 5.74) is 0. The van der Waals surface area contributed by atoms with Crippen molar-refractivity contribution in [1.29, 1.82) is 0 Å². The van der Waals surface area contributed by atoms with Crippen LogP contribution in [0.2, 0.25) is 0 Å². The molecule has 0 spiro atoms. The monoisotopic (exact) mass is 169 g/mol. The lowest BCUT2D eigenvalue weighted by molar-refractivity contribution is -0.130. The number of carbonyl (C=O) groups is 1. The number of amides is 1. The SMILES string of the molecule is C[C@@H]1C[C@H]1NC(=O)[C@@H]1CCCO1. The quantitative estimate of drug-likeness (QED) is 0.660. The molecule has 1 N–H and O–H groups in total. The molecular weight excluding hydrogens is 154 g/mol. The Morgan fingerprint density at radius 3 is 2.83 bits per heavy atom. The summed E-state index contributed by atoms with van der Waals surface area (Å²) < 4.78 is 5.27. The topological polar surface area (TPSA) is 38.3 Å². The first-order valence-electron chi connectivity index (χ1n) is 4.69. The Kier molecular flexibility index (Phi) is 2.05. The van der Waals surface area contributed by atoms with Crippen molar-refractivity contribution in [1.82, 2.24) is 5.32 Å². The molecule has 1 saturated carbocycles. The summed E-state index contributed by atoms with van der Waals surface area (Å²) in [4.78, 5) is 11.4. The van der Waals surface area contributed by atoms with Crippen molar-refractivity contribution in [3.05, 3.63) is 0 Å². The largest absolute Gasteiger partial charge is 0.368 e. The summed E-state index contributed by atoms with van der Waals surface area (Å²) in [6.07, 6.45) is 2.90. The van der Waals surface area contributed by atoms with E-state index in [9.17, 15) is 4.79 Å². The Labute approximate surface area is 72.5 Å². The third-order valence-corrected chi connectivity index (χ3v) is 2.66. The van der Waals surface area contributed by atoms with Gasteiger partial charge in [0.1, 0.15) is 6.10 Å². The molecule has 0 aromatic rings. The molecular formula is C9H15NO2. The van der Waals surface area contributed by atoms with Gasteiger partial charge in [0.2, 0.25) is 5.91 Å². The summed E-state index contributed by atoms with van der Waals surface area (Å²) >= 11 is 0. The summed E-state index contributed by atoms with van der Waals surface area (Å²) in [7, 11) is 0. The predicted molar refractivity (Wildman–Crippen MR) is 44.7 cm³/mol. The van der Waals surface area contributed by atoms with E-state index in [2.05, 4.69) is 12.2 Å². The zero-order chi connectivity index (χ0) is 8.55. The van der Waals surface area contributed by atoms with Gasteiger partial charge in [-0.3, -0.25) is 4.79 Å². The highest BCUT2D eigenvalue weighted by molar-refractivity contribution is 5.81. The van der Waals surface area contributed by atoms with E-state index in [1.807, 2.05) is 0 Å². The molecule has 1 aliphatic heterocycles. The average molecular weight is 169 g/mol. The van der Waals surface area contributed by atoms with Crippen LogP contribution in [0.15, 0.2) is 0 Å². The zero-order valence-corrected chi connectivity index (χ0v) is 7.38. The van der Waals surface area contributed by atoms with Crippen molar-refractivity contribution in [2.24, 2.45) is 5.92 Å². The van der Waals surface area contributed by atoms with E-state index in [0.29, 0.717) is 12.0 Å². The summed E-state index contributed by atoms with van der Waals surface area (Å²) in [6.45, 7) is 2.90. The van der Waals surface area contributed by atoms with Crippen LogP contribution in [0.4, 0.5) is 0 Å². The van der Waals surface area contributed by atoms with Crippen molar-refractivity contribution < 1.29 is 9.53 Å². The first-order valence-corrected chi connectivity index (χ1v) is 4.69. The second-order valence-electron chi connectivity index (χ2n) is 3.83. The van der Waals surface area contributed by atoms with Gasteiger partial charge in [0.15, 0.2) is 0 Å². The Balaban J connectivity index is 1.76. The van der Waals surface area contributed by atoms with Crippen molar-refractivity contribution >= 4 is 5.91 Å². The molecule has 0 unspecified atom stereocenters. The number of hydrogen-bond acceptors (Lipinski definition) is 2. The molecule has 3 atom stereocenters. The molecule has 3 heteroatoms. The highest BCUT2D eigenvalue weighted by Crippen LogP contribution is 2.29. The molecule has 1 saturated heterocycles. The van der Waals surface area contributed by atoms with Gasteiger partial charge in [-0.05, 0) is 25.2 Å². The fourth-order valence-electron chi connectivity index (χ4n) is 1.58. The van der Waals surface area contributed by atoms with E-state index in [4.69, 9.17) is 4.74 Å². The van der Waals surface area contributed by atoms with E-state index in [1.165, 1.54) is 0 Å². The smallest absolute Gasteiger partial charge is 0.249 e. The molecule has 2 aliphatic rings. The highest BCUT2D eigenvalue weighted by atomic mass is 16.5. The van der Waals surface area contributed by atoms with E-state index in [-0.39, 0.29) is 12.0 Å². The highest BCUT2D eigenvalue weighted by Gasteiger charge is 2.36. The zero-order valence-electron chi connectivity index (χ0n) is 7.38. The summed E-state index contributed by atoms with van der Waals surface area (Å²) in [5.74, 6) is 0.775. The van der Waals surface area contributed by atoms with Crippen molar-refractivity contribution in [2.45, 2.75) is 38.3 Å². The van der Waals surface area contributed by atoms with E-state index >= 15 is 0 Å². The van der Waals surface area contributed by atoms with Gasteiger partial charge in [-0.1, -0.05) is 6.92 Å². The van der Waals surface area contributed by atoms with Crippen LogP contribution >= 0.6 is 0 Å². The van der Waals surface area contributed by atoms with Gasteiger partial charge in [0.05, 0.1) is 0 Å². The van der Waals surface area contributed by atoms with Gasteiger partial charge in [-0.15, -0.1) is 0 Å². The van der Waals surface area contributed by atoms with Crippen LogP contribution in [0.25, 0.3) is 0 Å². The normalized spacial score (nSPS) is 39.6. The van der Waals surface area contributed by atoms with Crippen LogP contribution in [0.1, 0.15) is 26.2 Å². The molecule has 1 aliphatic carbocycles. The minimum Gasteiger partial charge on any atom is -0.368 e. The average Bonchev–Trinajstić information content (AvgIpc) is 2.58. The van der Waals surface area contributed by atoms with Gasteiger partial charge in [-0.2, -0.15) is 0 Å². The Hall–Kier alpha value is -0.570. The molecule has 1 amide bonds. The standard InChI is InChI=1S/C9H15NO2/c1-6-5-7(6)10-9(11)8-3-2-4-12-8/h6-8H,2-5H2,1H3,(H,10,11)/t6-,7-,8+/m1/s1. The van der Waals surface area contributed by atoms with Gasteiger partial charge in [-0.25, -0.2) is 0 Å². The molecule has 0 aromatic heterocycles. The summed E-state index contributed by atoms with van der Waals surface area (Å²) in [6, 6.07) is 0.432. The van der Waals surface area contributed by atoms with E-state index in [1.54, 1.807) is 0 Å². The number of rotatable bonds is 2. The molecule has 12 heavy (non-hydrogen) atoms. The van der Waals surface area contributed by atoms with E-state index < -0.39 is 0 Å². The van der Waals surface area contributed by atoms with Gasteiger partial charge in [0, 0.05) is 12.6 Å². The maximum atomic E-state index is 11.4. The third kappa shape index (κ3) is 1.61. The van der Waals surface area contributed by atoms with Crippen LogP contribution in [0, 0.1) is 5.92 Å². The van der Waals surface area contributed by atoms with Crippen molar-refractivity contribution in [2.75, 3.05) is 6.61 Å². The maximum absolute atomic E-state index is 11.4. The molecule has 3 nitrogen and oxygen atoms in total. The lowest BCUT2D eigenvalue weighted by Gasteiger charge is -2.09. The molecule has 0 radical (unpaired) electrons. The maximum Gasteiger partial charge on any atom is 0.249 e. The minimum absolute atomic E-state index is 0.0989. The lowest BCUT2D eigenvalue weighted by Crippen LogP contribution is -2.36. The number of hydrogen-bond donors (Lipinski definition) is 1. The Bertz CT molecular complexity index is 187. The Morgan fingerprint density at radius 2 is 2.33 bits per heavy atom. The molecule has 0 aromatic carbocycles. The van der Waals surface area contributed by atoms with Crippen LogP contribution in [0.3, 0.4) is 0 Å². The van der Waals surface area contributed by atoms with E-state index in [0.717, 1.165) is 25.9 Å². The fraction of sp³-hybridized carbons (Fsp3) is 0.889. The van der Waals surface area contributed by atoms with Crippen LogP contribution < -0.4 is 5.32 Å².